The van der Waals surface area contributed by atoms with Gasteiger partial charge in [-0.3, -0.25) is 9.59 Å². The molecule has 0 radical (unpaired) electrons. The van der Waals surface area contributed by atoms with Crippen LogP contribution < -0.4 is 0 Å². The van der Waals surface area contributed by atoms with E-state index >= 15 is 0 Å². The molecule has 0 unspecified atom stereocenters. The van der Waals surface area contributed by atoms with Gasteiger partial charge in [0.1, 0.15) is 11.6 Å². The van der Waals surface area contributed by atoms with Crippen LogP contribution in [0.25, 0.3) is 0 Å². The highest BCUT2D eigenvalue weighted by molar-refractivity contribution is 5.85. The highest BCUT2D eigenvalue weighted by Gasteiger charge is 2.71. The molecule has 9 atom stereocenters. The van der Waals surface area contributed by atoms with Gasteiger partial charge < -0.3 is 0 Å². The summed E-state index contributed by atoms with van der Waals surface area (Å²) in [6.07, 6.45) is 11.9. The summed E-state index contributed by atoms with van der Waals surface area (Å²) in [4.78, 5) is 25.9. The Balaban J connectivity index is 1.57. The van der Waals surface area contributed by atoms with Crippen molar-refractivity contribution in [3.63, 3.8) is 0 Å². The molecule has 5 rings (SSSR count). The molecule has 0 bridgehead atoms. The van der Waals surface area contributed by atoms with Crippen LogP contribution in [0, 0.1) is 56.2 Å². The first-order valence-electron chi connectivity index (χ1n) is 13.7. The zero-order valence-corrected chi connectivity index (χ0v) is 22.2. The number of rotatable bonds is 1. The van der Waals surface area contributed by atoms with Crippen molar-refractivity contribution < 1.29 is 9.59 Å². The summed E-state index contributed by atoms with van der Waals surface area (Å²) in [6, 6.07) is 0. The van der Waals surface area contributed by atoms with Crippen molar-refractivity contribution in [2.75, 3.05) is 0 Å². The number of carbonyl (C=O) groups is 2. The summed E-state index contributed by atoms with van der Waals surface area (Å²) < 4.78 is 0. The Labute approximate surface area is 197 Å². The molecule has 5 aliphatic rings. The van der Waals surface area contributed by atoms with Gasteiger partial charge in [-0.1, -0.05) is 48.5 Å². The largest absolute Gasteiger partial charge is 0.299 e. The van der Waals surface area contributed by atoms with Crippen LogP contribution in [0.2, 0.25) is 0 Å². The number of Topliss-reactive ketones (excluding diaryl/α,β-unsaturated/α-hetero) is 2. The van der Waals surface area contributed by atoms with Gasteiger partial charge in [0.05, 0.1) is 0 Å². The standard InChI is InChI=1S/C30H48O2/c1-19(31)27(5)17-15-26(4)16-18-29(7)20(24(26)27)9-10-22-28(6)13-12-23(32)25(2,3)21(28)11-14-30(22,29)8/h20-22,24H,9-18H2,1-8H3/t20-,21+,22-,24-,26-,27+,28+,29-,30-/m1/s1. The minimum atomic E-state index is -0.171. The molecule has 2 nitrogen and oxygen atoms in total. The molecule has 5 fully saturated rings. The molecule has 0 N–H and O–H groups in total. The van der Waals surface area contributed by atoms with Crippen LogP contribution in [-0.4, -0.2) is 11.6 Å². The second-order valence-electron chi connectivity index (χ2n) is 14.9. The maximum absolute atomic E-state index is 13.0. The predicted octanol–water partition coefficient (Wildman–Crippen LogP) is 7.64. The Morgan fingerprint density at radius 2 is 1.41 bits per heavy atom. The maximum atomic E-state index is 13.0. The molecule has 0 amide bonds. The summed E-state index contributed by atoms with van der Waals surface area (Å²) in [5.41, 5.74) is 0.938. The lowest BCUT2D eigenvalue weighted by Gasteiger charge is -2.72. The van der Waals surface area contributed by atoms with Gasteiger partial charge >= 0.3 is 0 Å². The van der Waals surface area contributed by atoms with Gasteiger partial charge in [0.2, 0.25) is 0 Å². The average molecular weight is 441 g/mol. The molecule has 0 heterocycles. The maximum Gasteiger partial charge on any atom is 0.138 e. The van der Waals surface area contributed by atoms with Crippen LogP contribution in [-0.2, 0) is 9.59 Å². The Morgan fingerprint density at radius 3 is 2.06 bits per heavy atom. The third kappa shape index (κ3) is 2.49. The fraction of sp³-hybridized carbons (Fsp3) is 0.933. The third-order valence-electron chi connectivity index (χ3n) is 13.8. The smallest absolute Gasteiger partial charge is 0.138 e. The van der Waals surface area contributed by atoms with Crippen molar-refractivity contribution in [1.82, 2.24) is 0 Å². The molecule has 2 heteroatoms. The van der Waals surface area contributed by atoms with Crippen molar-refractivity contribution in [2.24, 2.45) is 56.2 Å². The molecule has 0 aromatic carbocycles. The lowest BCUT2D eigenvalue weighted by atomic mass is 9.32. The summed E-state index contributed by atoms with van der Waals surface area (Å²) in [7, 11) is 0. The Kier molecular flexibility index (Phi) is 4.70. The zero-order chi connectivity index (χ0) is 23.5. The monoisotopic (exact) mass is 440 g/mol. The highest BCUT2D eigenvalue weighted by Crippen LogP contribution is 2.78. The van der Waals surface area contributed by atoms with E-state index in [9.17, 15) is 9.59 Å². The van der Waals surface area contributed by atoms with Gasteiger partial charge in [-0.05, 0) is 110 Å². The molecule has 0 spiro atoms. The second-order valence-corrected chi connectivity index (χ2v) is 14.9. The van der Waals surface area contributed by atoms with Crippen LogP contribution in [0.15, 0.2) is 0 Å². The van der Waals surface area contributed by atoms with Crippen molar-refractivity contribution in [1.29, 1.82) is 0 Å². The Bertz CT molecular complexity index is 857. The van der Waals surface area contributed by atoms with Crippen molar-refractivity contribution in [3.8, 4) is 0 Å². The van der Waals surface area contributed by atoms with Crippen molar-refractivity contribution >= 4 is 11.6 Å². The minimum absolute atomic E-state index is 0.134. The normalized spacial score (nSPS) is 56.6. The Morgan fingerprint density at radius 1 is 0.750 bits per heavy atom. The quantitative estimate of drug-likeness (QED) is 0.420. The molecule has 0 saturated heterocycles. The van der Waals surface area contributed by atoms with Gasteiger partial charge in [-0.15, -0.1) is 0 Å². The third-order valence-corrected chi connectivity index (χ3v) is 13.8. The van der Waals surface area contributed by atoms with Crippen molar-refractivity contribution in [3.05, 3.63) is 0 Å². The number of fused-ring (bicyclic) bond motifs is 7. The average Bonchev–Trinajstić information content (AvgIpc) is 2.99. The molecule has 0 aromatic rings. The Hall–Kier alpha value is -0.660. The minimum Gasteiger partial charge on any atom is -0.299 e. The molecule has 0 aromatic heterocycles. The summed E-state index contributed by atoms with van der Waals surface area (Å²) in [5.74, 6) is 3.37. The SMILES string of the molecule is CC(=O)[C@]1(C)CC[C@]2(C)CC[C@]3(C)[C@H](CC[C@@H]4[C@@]5(C)CCC(=O)C(C)(C)[C@@H]5CC[C@]43C)[C@H]21. The first-order valence-corrected chi connectivity index (χ1v) is 13.7. The molecular weight excluding hydrogens is 392 g/mol. The van der Waals surface area contributed by atoms with Crippen LogP contribution in [0.1, 0.15) is 120 Å². The number of hydrogen-bond acceptors (Lipinski definition) is 2. The van der Waals surface area contributed by atoms with E-state index in [2.05, 4.69) is 48.5 Å². The summed E-state index contributed by atoms with van der Waals surface area (Å²) in [6.45, 7) is 19.1. The fourth-order valence-electron chi connectivity index (χ4n) is 11.6. The van der Waals surface area contributed by atoms with Gasteiger partial charge in [0.25, 0.3) is 0 Å². The lowest BCUT2D eigenvalue weighted by molar-refractivity contribution is -0.237. The van der Waals surface area contributed by atoms with E-state index in [1.807, 2.05) is 6.92 Å². The van der Waals surface area contributed by atoms with Gasteiger partial charge in [-0.25, -0.2) is 0 Å². The molecular formula is C30H48O2. The predicted molar refractivity (Wildman–Crippen MR) is 130 cm³/mol. The highest BCUT2D eigenvalue weighted by atomic mass is 16.1. The number of hydrogen-bond donors (Lipinski definition) is 0. The van der Waals surface area contributed by atoms with Gasteiger partial charge in [-0.2, -0.15) is 0 Å². The van der Waals surface area contributed by atoms with Crippen molar-refractivity contribution in [2.45, 2.75) is 120 Å². The summed E-state index contributed by atoms with van der Waals surface area (Å²) >= 11 is 0. The van der Waals surface area contributed by atoms with E-state index in [0.29, 0.717) is 51.5 Å². The van der Waals surface area contributed by atoms with E-state index in [4.69, 9.17) is 0 Å². The number of ketones is 2. The molecule has 5 saturated carbocycles. The van der Waals surface area contributed by atoms with Crippen LogP contribution in [0.4, 0.5) is 0 Å². The topological polar surface area (TPSA) is 34.1 Å². The molecule has 180 valence electrons. The van der Waals surface area contributed by atoms with Gasteiger partial charge in [0.15, 0.2) is 0 Å². The summed E-state index contributed by atoms with van der Waals surface area (Å²) in [5, 5.41) is 0. The molecule has 0 aliphatic heterocycles. The number of carbonyl (C=O) groups excluding carboxylic acids is 2. The van der Waals surface area contributed by atoms with E-state index in [0.717, 1.165) is 19.3 Å². The van der Waals surface area contributed by atoms with Crippen LogP contribution >= 0.6 is 0 Å². The van der Waals surface area contributed by atoms with E-state index < -0.39 is 0 Å². The first-order chi connectivity index (χ1) is 14.7. The molecule has 32 heavy (non-hydrogen) atoms. The fourth-order valence-corrected chi connectivity index (χ4v) is 11.6. The van der Waals surface area contributed by atoms with E-state index in [1.54, 1.807) is 0 Å². The lowest BCUT2D eigenvalue weighted by Crippen LogP contribution is -2.66. The van der Waals surface area contributed by atoms with Crippen LogP contribution in [0.5, 0.6) is 0 Å². The van der Waals surface area contributed by atoms with Gasteiger partial charge in [0, 0.05) is 17.3 Å². The first kappa shape index (κ1) is 23.1. The van der Waals surface area contributed by atoms with E-state index in [-0.39, 0.29) is 16.2 Å². The van der Waals surface area contributed by atoms with E-state index in [1.165, 1.54) is 44.9 Å². The van der Waals surface area contributed by atoms with Crippen LogP contribution in [0.3, 0.4) is 0 Å². The zero-order valence-electron chi connectivity index (χ0n) is 22.2. The molecule has 5 aliphatic carbocycles. The second kappa shape index (κ2) is 6.51.